The molecule has 3 N–H and O–H groups in total. The number of hydrogen-bond donors (Lipinski definition) is 3. The van der Waals surface area contributed by atoms with Gasteiger partial charge in [-0.25, -0.2) is 0 Å². The third-order valence-electron chi connectivity index (χ3n) is 4.21. The van der Waals surface area contributed by atoms with Gasteiger partial charge in [0, 0.05) is 17.7 Å². The number of nitrogens with zero attached hydrogens (tertiary/aromatic N) is 1. The van der Waals surface area contributed by atoms with E-state index in [4.69, 9.17) is 16.3 Å². The first-order valence-electron chi connectivity index (χ1n) is 7.96. The van der Waals surface area contributed by atoms with Crippen LogP contribution in [0.15, 0.2) is 24.3 Å². The van der Waals surface area contributed by atoms with Gasteiger partial charge >= 0.3 is 0 Å². The highest BCUT2D eigenvalue weighted by Gasteiger charge is 2.29. The molecular formula is C17H21ClN4O2. The Morgan fingerprint density at radius 2 is 2.12 bits per heavy atom. The maximum absolute atomic E-state index is 12.2. The standard InChI is InChI=1S/C17H21ClN4O2/c1-10-16(11(2)22-21-10)20-15(23)9-19-14-7-8-24-17(14)12-3-5-13(18)6-4-12/h3-6,14,17,19H,7-9H2,1-2H3,(H,20,23)(H,21,22). The predicted molar refractivity (Wildman–Crippen MR) is 93.2 cm³/mol. The van der Waals surface area contributed by atoms with E-state index >= 15 is 0 Å². The largest absolute Gasteiger partial charge is 0.372 e. The summed E-state index contributed by atoms with van der Waals surface area (Å²) < 4.78 is 5.82. The quantitative estimate of drug-likeness (QED) is 0.776. The van der Waals surface area contributed by atoms with Gasteiger partial charge in [-0.1, -0.05) is 23.7 Å². The van der Waals surface area contributed by atoms with Gasteiger partial charge in [0.15, 0.2) is 0 Å². The number of ether oxygens (including phenoxy) is 1. The highest BCUT2D eigenvalue weighted by molar-refractivity contribution is 6.30. The van der Waals surface area contributed by atoms with E-state index in [2.05, 4.69) is 20.8 Å². The number of anilines is 1. The van der Waals surface area contributed by atoms with E-state index in [1.165, 1.54) is 0 Å². The summed E-state index contributed by atoms with van der Waals surface area (Å²) in [5.74, 6) is -0.0932. The van der Waals surface area contributed by atoms with Gasteiger partial charge in [0.1, 0.15) is 0 Å². The fourth-order valence-electron chi connectivity index (χ4n) is 2.92. The third kappa shape index (κ3) is 3.77. The zero-order valence-corrected chi connectivity index (χ0v) is 14.5. The van der Waals surface area contributed by atoms with Crippen LogP contribution in [-0.2, 0) is 9.53 Å². The Balaban J connectivity index is 1.57. The molecule has 1 fully saturated rings. The Kier molecular flexibility index (Phi) is 5.18. The first-order valence-corrected chi connectivity index (χ1v) is 8.34. The number of carbonyl (C=O) groups excluding carboxylic acids is 1. The third-order valence-corrected chi connectivity index (χ3v) is 4.46. The van der Waals surface area contributed by atoms with Crippen molar-refractivity contribution in [2.75, 3.05) is 18.5 Å². The normalized spacial score (nSPS) is 20.3. The molecule has 1 aromatic carbocycles. The number of H-pyrrole nitrogens is 1. The summed E-state index contributed by atoms with van der Waals surface area (Å²) in [6, 6.07) is 7.74. The van der Waals surface area contributed by atoms with E-state index in [0.717, 1.165) is 29.1 Å². The molecule has 24 heavy (non-hydrogen) atoms. The summed E-state index contributed by atoms with van der Waals surface area (Å²) in [4.78, 5) is 12.2. The molecule has 3 rings (SSSR count). The topological polar surface area (TPSA) is 79.0 Å². The van der Waals surface area contributed by atoms with E-state index in [-0.39, 0.29) is 24.6 Å². The number of halogens is 1. The summed E-state index contributed by atoms with van der Waals surface area (Å²) in [5.41, 5.74) is 3.45. The molecule has 2 aromatic rings. The number of aromatic nitrogens is 2. The molecule has 0 saturated carbocycles. The minimum absolute atomic E-state index is 0.0625. The summed E-state index contributed by atoms with van der Waals surface area (Å²) in [5, 5.41) is 13.8. The van der Waals surface area contributed by atoms with Gasteiger partial charge in [0.25, 0.3) is 0 Å². The van der Waals surface area contributed by atoms with Crippen LogP contribution in [0.2, 0.25) is 5.02 Å². The lowest BCUT2D eigenvalue weighted by atomic mass is 10.0. The Hall–Kier alpha value is -1.89. The lowest BCUT2D eigenvalue weighted by Gasteiger charge is -2.20. The average Bonchev–Trinajstić information content (AvgIpc) is 3.15. The first kappa shape index (κ1) is 17.0. The Labute approximate surface area is 145 Å². The van der Waals surface area contributed by atoms with Gasteiger partial charge in [0.05, 0.1) is 29.7 Å². The Morgan fingerprint density at radius 1 is 1.38 bits per heavy atom. The lowest BCUT2D eigenvalue weighted by molar-refractivity contribution is -0.115. The molecule has 1 aliphatic rings. The number of hydrogen-bond acceptors (Lipinski definition) is 4. The maximum atomic E-state index is 12.2. The van der Waals surface area contributed by atoms with Crippen molar-refractivity contribution in [2.45, 2.75) is 32.4 Å². The van der Waals surface area contributed by atoms with Crippen LogP contribution in [-0.4, -0.2) is 35.3 Å². The van der Waals surface area contributed by atoms with Crippen LogP contribution in [0.4, 0.5) is 5.69 Å². The highest BCUT2D eigenvalue weighted by Crippen LogP contribution is 2.29. The predicted octanol–water partition coefficient (Wildman–Crippen LogP) is 2.74. The lowest BCUT2D eigenvalue weighted by Crippen LogP contribution is -2.37. The molecule has 0 spiro atoms. The molecule has 2 atom stereocenters. The van der Waals surface area contributed by atoms with Gasteiger partial charge in [-0.15, -0.1) is 0 Å². The second-order valence-corrected chi connectivity index (χ2v) is 6.41. The maximum Gasteiger partial charge on any atom is 0.238 e. The molecule has 2 heterocycles. The van der Waals surface area contributed by atoms with Crippen LogP contribution in [0.5, 0.6) is 0 Å². The smallest absolute Gasteiger partial charge is 0.238 e. The molecule has 1 aromatic heterocycles. The molecule has 7 heteroatoms. The minimum Gasteiger partial charge on any atom is -0.372 e. The minimum atomic E-state index is -0.0932. The Bertz CT molecular complexity index is 694. The van der Waals surface area contributed by atoms with Crippen LogP contribution in [0.3, 0.4) is 0 Å². The molecule has 0 bridgehead atoms. The number of benzene rings is 1. The van der Waals surface area contributed by atoms with Crippen LogP contribution < -0.4 is 10.6 Å². The molecule has 128 valence electrons. The van der Waals surface area contributed by atoms with Crippen molar-refractivity contribution >= 4 is 23.2 Å². The van der Waals surface area contributed by atoms with Crippen molar-refractivity contribution in [1.82, 2.24) is 15.5 Å². The molecule has 1 amide bonds. The van der Waals surface area contributed by atoms with Gasteiger partial charge in [0.2, 0.25) is 5.91 Å². The van der Waals surface area contributed by atoms with Crippen LogP contribution >= 0.6 is 11.6 Å². The monoisotopic (exact) mass is 348 g/mol. The van der Waals surface area contributed by atoms with Crippen molar-refractivity contribution in [3.05, 3.63) is 46.2 Å². The number of nitrogens with one attached hydrogen (secondary N) is 3. The fourth-order valence-corrected chi connectivity index (χ4v) is 3.05. The van der Waals surface area contributed by atoms with Gasteiger partial charge in [-0.2, -0.15) is 5.10 Å². The zero-order chi connectivity index (χ0) is 17.1. The summed E-state index contributed by atoms with van der Waals surface area (Å²) in [6.45, 7) is 4.63. The number of rotatable bonds is 5. The molecule has 0 aliphatic carbocycles. The van der Waals surface area contributed by atoms with Gasteiger partial charge < -0.3 is 15.4 Å². The summed E-state index contributed by atoms with van der Waals surface area (Å²) in [6.07, 6.45) is 0.803. The van der Waals surface area contributed by atoms with E-state index in [1.54, 1.807) is 0 Å². The van der Waals surface area contributed by atoms with Crippen LogP contribution in [0, 0.1) is 13.8 Å². The molecule has 2 unspecified atom stereocenters. The second kappa shape index (κ2) is 7.34. The molecule has 1 aliphatic heterocycles. The van der Waals surface area contributed by atoms with E-state index < -0.39 is 0 Å². The summed E-state index contributed by atoms with van der Waals surface area (Å²) >= 11 is 5.93. The van der Waals surface area contributed by atoms with Crippen molar-refractivity contribution in [1.29, 1.82) is 0 Å². The number of aromatic amines is 1. The van der Waals surface area contributed by atoms with Crippen molar-refractivity contribution < 1.29 is 9.53 Å². The van der Waals surface area contributed by atoms with Gasteiger partial charge in [-0.05, 0) is 38.0 Å². The number of aryl methyl sites for hydroxylation is 2. The summed E-state index contributed by atoms with van der Waals surface area (Å²) in [7, 11) is 0. The van der Waals surface area contributed by atoms with Gasteiger partial charge in [-0.3, -0.25) is 9.89 Å². The molecule has 0 radical (unpaired) electrons. The fraction of sp³-hybridized carbons (Fsp3) is 0.412. The average molecular weight is 349 g/mol. The number of carbonyl (C=O) groups is 1. The Morgan fingerprint density at radius 3 is 2.79 bits per heavy atom. The number of amides is 1. The SMILES string of the molecule is Cc1n[nH]c(C)c1NC(=O)CNC1CCOC1c1ccc(Cl)cc1. The molecule has 6 nitrogen and oxygen atoms in total. The zero-order valence-electron chi connectivity index (χ0n) is 13.7. The van der Waals surface area contributed by atoms with Crippen LogP contribution in [0.1, 0.15) is 29.5 Å². The van der Waals surface area contributed by atoms with E-state index in [0.29, 0.717) is 11.6 Å². The first-order chi connectivity index (χ1) is 11.5. The van der Waals surface area contributed by atoms with Crippen molar-refractivity contribution in [3.8, 4) is 0 Å². The van der Waals surface area contributed by atoms with Crippen molar-refractivity contribution in [3.63, 3.8) is 0 Å². The molecular weight excluding hydrogens is 328 g/mol. The van der Waals surface area contributed by atoms with Crippen molar-refractivity contribution in [2.24, 2.45) is 0 Å². The second-order valence-electron chi connectivity index (χ2n) is 5.98. The van der Waals surface area contributed by atoms with E-state index in [1.807, 2.05) is 38.1 Å². The molecule has 1 saturated heterocycles. The van der Waals surface area contributed by atoms with E-state index in [9.17, 15) is 4.79 Å². The highest BCUT2D eigenvalue weighted by atomic mass is 35.5. The van der Waals surface area contributed by atoms with Crippen LogP contribution in [0.25, 0.3) is 0 Å².